The number of hydrogen-bond acceptors (Lipinski definition) is 2. The summed E-state index contributed by atoms with van der Waals surface area (Å²) in [6.07, 6.45) is 4.04. The Morgan fingerprint density at radius 1 is 1.17 bits per heavy atom. The molecule has 1 aliphatic rings. The van der Waals surface area contributed by atoms with Crippen molar-refractivity contribution in [1.82, 2.24) is 5.32 Å². The molecule has 1 aromatic rings. The molecule has 1 fully saturated rings. The SMILES string of the molecule is CC1CC(NCCc2ccc(Cl)cc2)CC(C)O1. The van der Waals surface area contributed by atoms with Crippen molar-refractivity contribution in [3.05, 3.63) is 34.9 Å². The standard InChI is InChI=1S/C15H22ClNO/c1-11-9-15(10-12(2)18-11)17-8-7-13-3-5-14(16)6-4-13/h3-6,11-12,15,17H,7-10H2,1-2H3. The first kappa shape index (κ1) is 13.9. The maximum atomic E-state index is 5.87. The number of hydrogen-bond donors (Lipinski definition) is 1. The minimum atomic E-state index is 0.377. The number of benzene rings is 1. The van der Waals surface area contributed by atoms with Gasteiger partial charge < -0.3 is 10.1 Å². The Labute approximate surface area is 115 Å². The third-order valence-electron chi connectivity index (χ3n) is 3.46. The first-order valence-corrected chi connectivity index (χ1v) is 7.14. The summed E-state index contributed by atoms with van der Waals surface area (Å²) in [6, 6.07) is 8.69. The van der Waals surface area contributed by atoms with Crippen LogP contribution in [-0.2, 0) is 11.2 Å². The number of ether oxygens (including phenoxy) is 1. The van der Waals surface area contributed by atoms with Crippen LogP contribution in [0.4, 0.5) is 0 Å². The molecule has 100 valence electrons. The summed E-state index contributed by atoms with van der Waals surface area (Å²) in [5, 5.41) is 4.44. The fraction of sp³-hybridized carbons (Fsp3) is 0.600. The number of rotatable bonds is 4. The number of halogens is 1. The Balaban J connectivity index is 1.73. The van der Waals surface area contributed by atoms with Gasteiger partial charge in [0.2, 0.25) is 0 Å². The van der Waals surface area contributed by atoms with Crippen LogP contribution in [-0.4, -0.2) is 24.8 Å². The van der Waals surface area contributed by atoms with Crippen molar-refractivity contribution in [2.45, 2.75) is 51.4 Å². The zero-order valence-electron chi connectivity index (χ0n) is 11.2. The van der Waals surface area contributed by atoms with E-state index >= 15 is 0 Å². The summed E-state index contributed by atoms with van der Waals surface area (Å²) in [5.74, 6) is 0. The maximum Gasteiger partial charge on any atom is 0.0565 e. The average molecular weight is 268 g/mol. The van der Waals surface area contributed by atoms with Gasteiger partial charge in [0.25, 0.3) is 0 Å². The first-order valence-electron chi connectivity index (χ1n) is 6.77. The van der Waals surface area contributed by atoms with Crippen molar-refractivity contribution in [3.63, 3.8) is 0 Å². The summed E-state index contributed by atoms with van der Waals surface area (Å²) in [7, 11) is 0. The van der Waals surface area contributed by atoms with Gasteiger partial charge in [-0.15, -0.1) is 0 Å². The van der Waals surface area contributed by atoms with Gasteiger partial charge in [-0.1, -0.05) is 23.7 Å². The zero-order valence-corrected chi connectivity index (χ0v) is 11.9. The van der Waals surface area contributed by atoms with Crippen LogP contribution in [0.25, 0.3) is 0 Å². The van der Waals surface area contributed by atoms with Crippen LogP contribution >= 0.6 is 11.6 Å². The second kappa shape index (κ2) is 6.55. The van der Waals surface area contributed by atoms with E-state index in [9.17, 15) is 0 Å². The van der Waals surface area contributed by atoms with Crippen LogP contribution in [0.1, 0.15) is 32.3 Å². The van der Waals surface area contributed by atoms with Gasteiger partial charge in [-0.25, -0.2) is 0 Å². The summed E-state index contributed by atoms with van der Waals surface area (Å²) < 4.78 is 5.74. The van der Waals surface area contributed by atoms with E-state index in [1.165, 1.54) is 5.56 Å². The predicted molar refractivity (Wildman–Crippen MR) is 76.2 cm³/mol. The highest BCUT2D eigenvalue weighted by Crippen LogP contribution is 2.19. The molecule has 0 radical (unpaired) electrons. The quantitative estimate of drug-likeness (QED) is 0.903. The summed E-state index contributed by atoms with van der Waals surface area (Å²) in [5.41, 5.74) is 1.33. The Morgan fingerprint density at radius 2 is 1.78 bits per heavy atom. The molecule has 0 bridgehead atoms. The highest BCUT2D eigenvalue weighted by atomic mass is 35.5. The molecule has 2 atom stereocenters. The largest absolute Gasteiger partial charge is 0.375 e. The highest BCUT2D eigenvalue weighted by molar-refractivity contribution is 6.30. The Bertz CT molecular complexity index is 355. The van der Waals surface area contributed by atoms with Gasteiger partial charge in [0.15, 0.2) is 0 Å². The third-order valence-corrected chi connectivity index (χ3v) is 3.71. The van der Waals surface area contributed by atoms with Crippen molar-refractivity contribution >= 4 is 11.6 Å². The van der Waals surface area contributed by atoms with E-state index in [1.807, 2.05) is 12.1 Å². The molecule has 2 nitrogen and oxygen atoms in total. The van der Waals surface area contributed by atoms with Crippen LogP contribution in [0.2, 0.25) is 5.02 Å². The van der Waals surface area contributed by atoms with E-state index in [0.29, 0.717) is 18.2 Å². The van der Waals surface area contributed by atoms with E-state index in [4.69, 9.17) is 16.3 Å². The molecule has 1 saturated heterocycles. The molecule has 1 aromatic carbocycles. The van der Waals surface area contributed by atoms with Gasteiger partial charge >= 0.3 is 0 Å². The van der Waals surface area contributed by atoms with Gasteiger partial charge in [0.05, 0.1) is 12.2 Å². The lowest BCUT2D eigenvalue weighted by Crippen LogP contribution is -2.41. The minimum absolute atomic E-state index is 0.377. The minimum Gasteiger partial charge on any atom is -0.375 e. The maximum absolute atomic E-state index is 5.87. The molecule has 2 rings (SSSR count). The molecular formula is C15H22ClNO. The van der Waals surface area contributed by atoms with Gasteiger partial charge in [0, 0.05) is 11.1 Å². The van der Waals surface area contributed by atoms with Crippen molar-refractivity contribution in [1.29, 1.82) is 0 Å². The van der Waals surface area contributed by atoms with Crippen molar-refractivity contribution < 1.29 is 4.74 Å². The monoisotopic (exact) mass is 267 g/mol. The Morgan fingerprint density at radius 3 is 2.39 bits per heavy atom. The van der Waals surface area contributed by atoms with Gasteiger partial charge in [-0.2, -0.15) is 0 Å². The molecule has 18 heavy (non-hydrogen) atoms. The van der Waals surface area contributed by atoms with Crippen LogP contribution < -0.4 is 5.32 Å². The molecule has 2 unspecified atom stereocenters. The lowest BCUT2D eigenvalue weighted by atomic mass is 9.99. The molecule has 0 spiro atoms. The molecule has 0 aromatic heterocycles. The van der Waals surface area contributed by atoms with E-state index in [-0.39, 0.29) is 0 Å². The lowest BCUT2D eigenvalue weighted by molar-refractivity contribution is -0.0419. The molecule has 3 heteroatoms. The second-order valence-corrected chi connectivity index (χ2v) is 5.69. The van der Waals surface area contributed by atoms with E-state index in [1.54, 1.807) is 0 Å². The van der Waals surface area contributed by atoms with Crippen molar-refractivity contribution in [3.8, 4) is 0 Å². The average Bonchev–Trinajstić information content (AvgIpc) is 2.30. The van der Waals surface area contributed by atoms with E-state index < -0.39 is 0 Å². The van der Waals surface area contributed by atoms with Gasteiger partial charge in [-0.05, 0) is 57.4 Å². The lowest BCUT2D eigenvalue weighted by Gasteiger charge is -2.32. The van der Waals surface area contributed by atoms with Crippen LogP contribution in [0.3, 0.4) is 0 Å². The van der Waals surface area contributed by atoms with Crippen LogP contribution in [0, 0.1) is 0 Å². The zero-order chi connectivity index (χ0) is 13.0. The predicted octanol–water partition coefficient (Wildman–Crippen LogP) is 3.43. The highest BCUT2D eigenvalue weighted by Gasteiger charge is 2.23. The topological polar surface area (TPSA) is 21.3 Å². The number of nitrogens with one attached hydrogen (secondary N) is 1. The summed E-state index contributed by atoms with van der Waals surface area (Å²) >= 11 is 5.87. The fourth-order valence-electron chi connectivity index (χ4n) is 2.64. The van der Waals surface area contributed by atoms with E-state index in [2.05, 4.69) is 31.3 Å². The van der Waals surface area contributed by atoms with Gasteiger partial charge in [0.1, 0.15) is 0 Å². The third kappa shape index (κ3) is 4.27. The normalized spacial score (nSPS) is 28.3. The van der Waals surface area contributed by atoms with Gasteiger partial charge in [-0.3, -0.25) is 0 Å². The molecular weight excluding hydrogens is 246 g/mol. The fourth-order valence-corrected chi connectivity index (χ4v) is 2.77. The first-order chi connectivity index (χ1) is 8.63. The van der Waals surface area contributed by atoms with Crippen molar-refractivity contribution in [2.24, 2.45) is 0 Å². The molecule has 1 aliphatic heterocycles. The Hall–Kier alpha value is -0.570. The molecule has 1 N–H and O–H groups in total. The smallest absolute Gasteiger partial charge is 0.0565 e. The second-order valence-electron chi connectivity index (χ2n) is 5.26. The van der Waals surface area contributed by atoms with Crippen molar-refractivity contribution in [2.75, 3.05) is 6.54 Å². The molecule has 0 amide bonds. The van der Waals surface area contributed by atoms with Crippen LogP contribution in [0.5, 0.6) is 0 Å². The summed E-state index contributed by atoms with van der Waals surface area (Å²) in [6.45, 7) is 5.33. The summed E-state index contributed by atoms with van der Waals surface area (Å²) in [4.78, 5) is 0. The van der Waals surface area contributed by atoms with Crippen LogP contribution in [0.15, 0.2) is 24.3 Å². The Kier molecular flexibility index (Phi) is 5.04. The van der Waals surface area contributed by atoms with E-state index in [0.717, 1.165) is 30.8 Å². The molecule has 1 heterocycles. The molecule has 0 saturated carbocycles. The molecule has 0 aliphatic carbocycles.